The van der Waals surface area contributed by atoms with Crippen molar-refractivity contribution in [3.8, 4) is 5.75 Å². The molecule has 8 heteroatoms. The Kier molecular flexibility index (Phi) is 6.06. The van der Waals surface area contributed by atoms with Crippen LogP contribution in [-0.2, 0) is 15.7 Å². The number of carbonyl (C=O) groups is 1. The van der Waals surface area contributed by atoms with Crippen LogP contribution in [0.3, 0.4) is 0 Å². The summed E-state index contributed by atoms with van der Waals surface area (Å²) >= 11 is 0. The van der Waals surface area contributed by atoms with Crippen molar-refractivity contribution in [1.29, 1.82) is 0 Å². The minimum atomic E-state index is -4.50. The Morgan fingerprint density at radius 2 is 2.17 bits per heavy atom. The number of halogens is 3. The third kappa shape index (κ3) is 4.61. The monoisotopic (exact) mass is 346 g/mol. The fraction of sp³-hybridized carbons (Fsp3) is 0.562. The Morgan fingerprint density at radius 3 is 2.75 bits per heavy atom. The lowest BCUT2D eigenvalue weighted by atomic mass is 10.1. The molecule has 1 aromatic rings. The topological polar surface area (TPSA) is 73.6 Å². The van der Waals surface area contributed by atoms with Crippen LogP contribution in [0.1, 0.15) is 31.7 Å². The fourth-order valence-corrected chi connectivity index (χ4v) is 2.43. The number of anilines is 1. The van der Waals surface area contributed by atoms with Crippen LogP contribution in [0.2, 0.25) is 0 Å². The van der Waals surface area contributed by atoms with Gasteiger partial charge in [0.25, 0.3) is 5.91 Å². The van der Waals surface area contributed by atoms with Crippen molar-refractivity contribution in [3.05, 3.63) is 23.8 Å². The molecule has 1 saturated heterocycles. The largest absolute Gasteiger partial charge is 0.491 e. The Bertz CT molecular complexity index is 578. The molecule has 1 fully saturated rings. The summed E-state index contributed by atoms with van der Waals surface area (Å²) in [6.45, 7) is 2.52. The minimum absolute atomic E-state index is 0.0110. The summed E-state index contributed by atoms with van der Waals surface area (Å²) < 4.78 is 49.6. The smallest absolute Gasteiger partial charge is 0.416 e. The first-order valence-corrected chi connectivity index (χ1v) is 7.85. The van der Waals surface area contributed by atoms with E-state index in [1.807, 2.05) is 6.92 Å². The summed E-state index contributed by atoms with van der Waals surface area (Å²) in [7, 11) is 0. The summed E-state index contributed by atoms with van der Waals surface area (Å²) in [4.78, 5) is 12.2. The molecule has 0 bridgehead atoms. The fourth-order valence-electron chi connectivity index (χ4n) is 2.43. The molecule has 0 radical (unpaired) electrons. The summed E-state index contributed by atoms with van der Waals surface area (Å²) in [6, 6.07) is 3.02. The Hall–Kier alpha value is -1.80. The number of alkyl halides is 3. The van der Waals surface area contributed by atoms with Crippen molar-refractivity contribution >= 4 is 11.6 Å². The first kappa shape index (κ1) is 18.5. The molecule has 2 rings (SSSR count). The van der Waals surface area contributed by atoms with Gasteiger partial charge >= 0.3 is 6.18 Å². The second-order valence-electron chi connectivity index (χ2n) is 5.61. The van der Waals surface area contributed by atoms with E-state index < -0.39 is 23.8 Å². The zero-order valence-corrected chi connectivity index (χ0v) is 13.4. The molecule has 134 valence electrons. The molecular weight excluding hydrogens is 325 g/mol. The second kappa shape index (κ2) is 7.85. The van der Waals surface area contributed by atoms with Crippen LogP contribution in [-0.4, -0.2) is 31.3 Å². The van der Waals surface area contributed by atoms with Gasteiger partial charge in [0.1, 0.15) is 11.9 Å². The van der Waals surface area contributed by atoms with Crippen LogP contribution in [0.4, 0.5) is 18.9 Å². The van der Waals surface area contributed by atoms with Gasteiger partial charge in [-0.05, 0) is 37.5 Å². The second-order valence-corrected chi connectivity index (χ2v) is 5.61. The molecule has 24 heavy (non-hydrogen) atoms. The summed E-state index contributed by atoms with van der Waals surface area (Å²) in [5, 5.41) is 2.49. The zero-order chi connectivity index (χ0) is 17.7. The molecule has 1 heterocycles. The van der Waals surface area contributed by atoms with E-state index in [2.05, 4.69) is 5.32 Å². The van der Waals surface area contributed by atoms with E-state index in [1.54, 1.807) is 0 Å². The van der Waals surface area contributed by atoms with Gasteiger partial charge in [0.15, 0.2) is 0 Å². The van der Waals surface area contributed by atoms with E-state index in [9.17, 15) is 18.0 Å². The Balaban J connectivity index is 2.17. The normalized spacial score (nSPS) is 20.9. The molecule has 0 unspecified atom stereocenters. The zero-order valence-electron chi connectivity index (χ0n) is 13.4. The Labute approximate surface area is 138 Å². The van der Waals surface area contributed by atoms with Crippen LogP contribution in [0, 0.1) is 0 Å². The SMILES string of the molecule is CCCOc1ccc(C(F)(F)F)cc1NC(=O)[C@@H]1CC[C@H](CN)O1. The van der Waals surface area contributed by atoms with Gasteiger partial charge in [0.2, 0.25) is 0 Å². The number of rotatable bonds is 6. The number of hydrogen-bond donors (Lipinski definition) is 2. The van der Waals surface area contributed by atoms with Crippen LogP contribution < -0.4 is 15.8 Å². The van der Waals surface area contributed by atoms with E-state index in [4.69, 9.17) is 15.2 Å². The highest BCUT2D eigenvalue weighted by molar-refractivity contribution is 5.95. The van der Waals surface area contributed by atoms with E-state index in [0.717, 1.165) is 12.1 Å². The molecule has 1 aliphatic heterocycles. The predicted molar refractivity (Wildman–Crippen MR) is 82.8 cm³/mol. The number of hydrogen-bond acceptors (Lipinski definition) is 4. The maximum absolute atomic E-state index is 12.9. The number of benzene rings is 1. The molecule has 5 nitrogen and oxygen atoms in total. The first-order chi connectivity index (χ1) is 11.3. The highest BCUT2D eigenvalue weighted by atomic mass is 19.4. The lowest BCUT2D eigenvalue weighted by molar-refractivity contribution is -0.137. The van der Waals surface area contributed by atoms with Crippen LogP contribution in [0.25, 0.3) is 0 Å². The number of ether oxygens (including phenoxy) is 2. The summed E-state index contributed by atoms with van der Waals surface area (Å²) in [5.74, 6) is -0.293. The standard InChI is InChI=1S/C16H21F3N2O3/c1-2-7-23-13-5-3-10(16(17,18)19)8-12(13)21-15(22)14-6-4-11(9-20)24-14/h3,5,8,11,14H,2,4,6-7,9,20H2,1H3,(H,21,22)/t11-,14+/m1/s1. The van der Waals surface area contributed by atoms with Crippen molar-refractivity contribution < 1.29 is 27.4 Å². The van der Waals surface area contributed by atoms with Crippen molar-refractivity contribution in [3.63, 3.8) is 0 Å². The minimum Gasteiger partial charge on any atom is -0.491 e. The van der Waals surface area contributed by atoms with Crippen LogP contribution in [0.15, 0.2) is 18.2 Å². The quantitative estimate of drug-likeness (QED) is 0.831. The molecule has 3 N–H and O–H groups in total. The van der Waals surface area contributed by atoms with Gasteiger partial charge in [-0.25, -0.2) is 0 Å². The molecule has 0 aliphatic carbocycles. The van der Waals surface area contributed by atoms with Gasteiger partial charge in [0.05, 0.1) is 24.0 Å². The van der Waals surface area contributed by atoms with E-state index >= 15 is 0 Å². The number of carbonyl (C=O) groups excluding carboxylic acids is 1. The number of nitrogens with one attached hydrogen (secondary N) is 1. The van der Waals surface area contributed by atoms with Crippen molar-refractivity contribution in [2.75, 3.05) is 18.5 Å². The molecule has 1 aliphatic rings. The van der Waals surface area contributed by atoms with Crippen LogP contribution >= 0.6 is 0 Å². The molecule has 1 amide bonds. The molecule has 1 aromatic carbocycles. The maximum Gasteiger partial charge on any atom is 0.416 e. The summed E-state index contributed by atoms with van der Waals surface area (Å²) in [5.41, 5.74) is 4.63. The van der Waals surface area contributed by atoms with Crippen molar-refractivity contribution in [2.24, 2.45) is 5.73 Å². The van der Waals surface area contributed by atoms with E-state index in [0.29, 0.717) is 32.4 Å². The van der Waals surface area contributed by atoms with Gasteiger partial charge in [0, 0.05) is 6.54 Å². The average Bonchev–Trinajstić information content (AvgIpc) is 3.02. The number of nitrogens with two attached hydrogens (primary N) is 1. The van der Waals surface area contributed by atoms with E-state index in [1.165, 1.54) is 6.07 Å². The van der Waals surface area contributed by atoms with E-state index in [-0.39, 0.29) is 17.5 Å². The van der Waals surface area contributed by atoms with Crippen LogP contribution in [0.5, 0.6) is 5.75 Å². The van der Waals surface area contributed by atoms with Crippen molar-refractivity contribution in [1.82, 2.24) is 0 Å². The lowest BCUT2D eigenvalue weighted by Crippen LogP contribution is -2.30. The highest BCUT2D eigenvalue weighted by Gasteiger charge is 2.33. The first-order valence-electron chi connectivity index (χ1n) is 7.85. The maximum atomic E-state index is 12.9. The summed E-state index contributed by atoms with van der Waals surface area (Å²) in [6.07, 6.45) is -3.59. The number of amides is 1. The Morgan fingerprint density at radius 1 is 1.42 bits per heavy atom. The van der Waals surface area contributed by atoms with Gasteiger partial charge in [-0.2, -0.15) is 13.2 Å². The molecule has 0 aromatic heterocycles. The third-order valence-electron chi connectivity index (χ3n) is 3.69. The molecular formula is C16H21F3N2O3. The lowest BCUT2D eigenvalue weighted by Gasteiger charge is -2.17. The molecule has 0 saturated carbocycles. The molecule has 2 atom stereocenters. The van der Waals surface area contributed by atoms with Gasteiger partial charge < -0.3 is 20.5 Å². The van der Waals surface area contributed by atoms with Crippen molar-refractivity contribution in [2.45, 2.75) is 44.6 Å². The van der Waals surface area contributed by atoms with Gasteiger partial charge in [-0.1, -0.05) is 6.92 Å². The average molecular weight is 346 g/mol. The van der Waals surface area contributed by atoms with Gasteiger partial charge in [-0.15, -0.1) is 0 Å². The third-order valence-corrected chi connectivity index (χ3v) is 3.69. The van der Waals surface area contributed by atoms with Gasteiger partial charge in [-0.3, -0.25) is 4.79 Å². The molecule has 0 spiro atoms. The predicted octanol–water partition coefficient (Wildman–Crippen LogP) is 2.94. The highest BCUT2D eigenvalue weighted by Crippen LogP contribution is 2.35.